The second kappa shape index (κ2) is 10.8. The van der Waals surface area contributed by atoms with Gasteiger partial charge in [0.1, 0.15) is 5.75 Å². The quantitative estimate of drug-likeness (QED) is 0.369. The fourth-order valence-electron chi connectivity index (χ4n) is 1.87. The molecule has 0 radical (unpaired) electrons. The third kappa shape index (κ3) is 7.80. The average molecular weight is 279 g/mol. The van der Waals surface area contributed by atoms with Crippen molar-refractivity contribution in [1.29, 1.82) is 0 Å². The zero-order valence-corrected chi connectivity index (χ0v) is 12.5. The number of benzene rings is 1. The lowest BCUT2D eigenvalue weighted by Crippen LogP contribution is -1.97. The molecule has 0 unspecified atom stereocenters. The number of rotatable bonds is 8. The van der Waals surface area contributed by atoms with Crippen molar-refractivity contribution in [3.63, 3.8) is 0 Å². The highest BCUT2D eigenvalue weighted by Gasteiger charge is 1.95. The SMILES string of the molecule is CCCCCCCCOc1cccc(C#CCCl)c1. The molecule has 104 valence electrons. The van der Waals surface area contributed by atoms with Crippen LogP contribution in [0.5, 0.6) is 5.75 Å². The van der Waals surface area contributed by atoms with Crippen molar-refractivity contribution >= 4 is 11.6 Å². The van der Waals surface area contributed by atoms with Crippen LogP contribution in [0, 0.1) is 11.8 Å². The normalized spacial score (nSPS) is 9.79. The third-order valence-electron chi connectivity index (χ3n) is 2.90. The summed E-state index contributed by atoms with van der Waals surface area (Å²) in [7, 11) is 0. The molecule has 0 spiro atoms. The summed E-state index contributed by atoms with van der Waals surface area (Å²) in [5.41, 5.74) is 0.959. The predicted octanol–water partition coefficient (Wildman–Crippen LogP) is 5.02. The molecule has 2 heteroatoms. The summed E-state index contributed by atoms with van der Waals surface area (Å²) >= 11 is 5.54. The summed E-state index contributed by atoms with van der Waals surface area (Å²) in [6.45, 7) is 3.03. The van der Waals surface area contributed by atoms with Gasteiger partial charge in [0.15, 0.2) is 0 Å². The maximum atomic E-state index is 5.73. The largest absolute Gasteiger partial charge is 0.494 e. The van der Waals surface area contributed by atoms with E-state index < -0.39 is 0 Å². The first kappa shape index (κ1) is 15.9. The molecule has 0 atom stereocenters. The van der Waals surface area contributed by atoms with Gasteiger partial charge in [0.05, 0.1) is 12.5 Å². The van der Waals surface area contributed by atoms with E-state index in [2.05, 4.69) is 18.8 Å². The molecule has 0 heterocycles. The maximum absolute atomic E-state index is 5.73. The van der Waals surface area contributed by atoms with Gasteiger partial charge in [-0.2, -0.15) is 0 Å². The van der Waals surface area contributed by atoms with Gasteiger partial charge in [-0.05, 0) is 24.6 Å². The molecule has 19 heavy (non-hydrogen) atoms. The second-order valence-electron chi connectivity index (χ2n) is 4.58. The Morgan fingerprint density at radius 1 is 1.11 bits per heavy atom. The Balaban J connectivity index is 2.22. The smallest absolute Gasteiger partial charge is 0.120 e. The van der Waals surface area contributed by atoms with Crippen LogP contribution in [-0.4, -0.2) is 12.5 Å². The first-order valence-corrected chi connectivity index (χ1v) is 7.68. The maximum Gasteiger partial charge on any atom is 0.120 e. The van der Waals surface area contributed by atoms with Crippen LogP contribution >= 0.6 is 11.6 Å². The van der Waals surface area contributed by atoms with E-state index in [0.717, 1.165) is 24.3 Å². The molecule has 1 nitrogen and oxygen atoms in total. The number of alkyl halides is 1. The highest BCUT2D eigenvalue weighted by Crippen LogP contribution is 2.13. The van der Waals surface area contributed by atoms with Crippen molar-refractivity contribution < 1.29 is 4.74 Å². The molecule has 0 aliphatic carbocycles. The first-order valence-electron chi connectivity index (χ1n) is 7.14. The van der Waals surface area contributed by atoms with Crippen molar-refractivity contribution in [3.8, 4) is 17.6 Å². The number of unbranched alkanes of at least 4 members (excludes halogenated alkanes) is 5. The molecule has 0 saturated heterocycles. The van der Waals surface area contributed by atoms with Crippen molar-refractivity contribution in [2.75, 3.05) is 12.5 Å². The van der Waals surface area contributed by atoms with E-state index >= 15 is 0 Å². The van der Waals surface area contributed by atoms with Gasteiger partial charge >= 0.3 is 0 Å². The van der Waals surface area contributed by atoms with E-state index in [1.54, 1.807) is 0 Å². The molecule has 0 bridgehead atoms. The van der Waals surface area contributed by atoms with Crippen LogP contribution in [0.3, 0.4) is 0 Å². The molecule has 0 N–H and O–H groups in total. The van der Waals surface area contributed by atoms with E-state index in [-0.39, 0.29) is 0 Å². The van der Waals surface area contributed by atoms with Gasteiger partial charge in [0.2, 0.25) is 0 Å². The Hall–Kier alpha value is -1.13. The molecule has 0 amide bonds. The van der Waals surface area contributed by atoms with Crippen LogP contribution in [-0.2, 0) is 0 Å². The molecule has 1 rings (SSSR count). The zero-order chi connectivity index (χ0) is 13.8. The number of hydrogen-bond acceptors (Lipinski definition) is 1. The fraction of sp³-hybridized carbons (Fsp3) is 0.529. The second-order valence-corrected chi connectivity index (χ2v) is 4.85. The van der Waals surface area contributed by atoms with Crippen molar-refractivity contribution in [2.45, 2.75) is 45.4 Å². The lowest BCUT2D eigenvalue weighted by Gasteiger charge is -2.06. The third-order valence-corrected chi connectivity index (χ3v) is 3.03. The molecular formula is C17H23ClO. The van der Waals surface area contributed by atoms with Gasteiger partial charge in [-0.25, -0.2) is 0 Å². The highest BCUT2D eigenvalue weighted by molar-refractivity contribution is 6.19. The van der Waals surface area contributed by atoms with Crippen LogP contribution in [0.25, 0.3) is 0 Å². The molecule has 0 aliphatic rings. The number of hydrogen-bond donors (Lipinski definition) is 0. The fourth-order valence-corrected chi connectivity index (χ4v) is 1.94. The van der Waals surface area contributed by atoms with Gasteiger partial charge in [0.25, 0.3) is 0 Å². The summed E-state index contributed by atoms with van der Waals surface area (Å²) < 4.78 is 5.73. The minimum Gasteiger partial charge on any atom is -0.494 e. The van der Waals surface area contributed by atoms with E-state index in [1.165, 1.54) is 32.1 Å². The van der Waals surface area contributed by atoms with E-state index in [4.69, 9.17) is 16.3 Å². The Bertz CT molecular complexity index is 403. The van der Waals surface area contributed by atoms with E-state index in [0.29, 0.717) is 5.88 Å². The molecule has 0 aliphatic heterocycles. The first-order chi connectivity index (χ1) is 9.36. The summed E-state index contributed by atoms with van der Waals surface area (Å²) in [6.07, 6.45) is 7.69. The molecule has 1 aromatic carbocycles. The van der Waals surface area contributed by atoms with Crippen LogP contribution in [0.1, 0.15) is 51.0 Å². The Kier molecular flexibility index (Phi) is 9.02. The topological polar surface area (TPSA) is 9.23 Å². The molecule has 0 fully saturated rings. The summed E-state index contributed by atoms with van der Waals surface area (Å²) in [5, 5.41) is 0. The van der Waals surface area contributed by atoms with Crippen molar-refractivity contribution in [2.24, 2.45) is 0 Å². The monoisotopic (exact) mass is 278 g/mol. The van der Waals surface area contributed by atoms with Gasteiger partial charge in [0, 0.05) is 5.56 Å². The van der Waals surface area contributed by atoms with Crippen LogP contribution in [0.4, 0.5) is 0 Å². The van der Waals surface area contributed by atoms with Crippen LogP contribution in [0.15, 0.2) is 24.3 Å². The molecule has 0 saturated carbocycles. The lowest BCUT2D eigenvalue weighted by molar-refractivity contribution is 0.304. The van der Waals surface area contributed by atoms with Gasteiger partial charge in [-0.15, -0.1) is 11.6 Å². The van der Waals surface area contributed by atoms with Gasteiger partial charge in [-0.3, -0.25) is 0 Å². The van der Waals surface area contributed by atoms with Crippen LogP contribution in [0.2, 0.25) is 0 Å². The Morgan fingerprint density at radius 3 is 2.68 bits per heavy atom. The number of ether oxygens (including phenoxy) is 1. The minimum absolute atomic E-state index is 0.364. The lowest BCUT2D eigenvalue weighted by atomic mass is 10.1. The van der Waals surface area contributed by atoms with Crippen LogP contribution < -0.4 is 4.74 Å². The standard InChI is InChI=1S/C17H23ClO/c1-2-3-4-5-6-7-14-19-17-12-8-10-16(15-17)11-9-13-18/h8,10,12,15H,2-7,13-14H2,1H3. The summed E-state index contributed by atoms with van der Waals surface area (Å²) in [5.74, 6) is 7.11. The summed E-state index contributed by atoms with van der Waals surface area (Å²) in [4.78, 5) is 0. The Labute approximate surface area is 122 Å². The molecular weight excluding hydrogens is 256 g/mol. The molecule has 0 aromatic heterocycles. The zero-order valence-electron chi connectivity index (χ0n) is 11.8. The molecule has 1 aromatic rings. The average Bonchev–Trinajstić information content (AvgIpc) is 2.44. The van der Waals surface area contributed by atoms with Crippen molar-refractivity contribution in [1.82, 2.24) is 0 Å². The van der Waals surface area contributed by atoms with Gasteiger partial charge in [-0.1, -0.05) is 56.9 Å². The van der Waals surface area contributed by atoms with E-state index in [1.807, 2.05) is 24.3 Å². The summed E-state index contributed by atoms with van der Waals surface area (Å²) in [6, 6.07) is 7.88. The van der Waals surface area contributed by atoms with Gasteiger partial charge < -0.3 is 4.74 Å². The number of halogens is 1. The Morgan fingerprint density at radius 2 is 1.89 bits per heavy atom. The van der Waals surface area contributed by atoms with E-state index in [9.17, 15) is 0 Å². The van der Waals surface area contributed by atoms with Crippen molar-refractivity contribution in [3.05, 3.63) is 29.8 Å². The minimum atomic E-state index is 0.364. The predicted molar refractivity (Wildman–Crippen MR) is 82.9 cm³/mol. The highest BCUT2D eigenvalue weighted by atomic mass is 35.5.